The van der Waals surface area contributed by atoms with Gasteiger partial charge in [0.15, 0.2) is 5.82 Å². The number of pyridine rings is 1. The van der Waals surface area contributed by atoms with Crippen LogP contribution in [0.5, 0.6) is 0 Å². The lowest BCUT2D eigenvalue weighted by atomic mass is 10.5. The number of hydrogen-bond acceptors (Lipinski definition) is 1. The van der Waals surface area contributed by atoms with Crippen molar-refractivity contribution in [3.8, 4) is 0 Å². The predicted molar refractivity (Wildman–Crippen MR) is 37.1 cm³/mol. The second kappa shape index (κ2) is 3.25. The molecule has 0 saturated carbocycles. The van der Waals surface area contributed by atoms with E-state index >= 15 is 0 Å². The van der Waals surface area contributed by atoms with E-state index in [1.54, 1.807) is 0 Å². The summed E-state index contributed by atoms with van der Waals surface area (Å²) in [4.78, 5) is 13.5. The van der Waals surface area contributed by atoms with Crippen molar-refractivity contribution >= 4 is 5.91 Å². The molecule has 0 N–H and O–H groups in total. The summed E-state index contributed by atoms with van der Waals surface area (Å²) in [5.41, 5.74) is -0.606. The minimum atomic E-state index is -0.866. The van der Waals surface area contributed by atoms with E-state index in [9.17, 15) is 13.7 Å². The molecule has 5 heteroatoms. The summed E-state index contributed by atoms with van der Waals surface area (Å²) in [5.74, 6) is -1.51. The molecule has 1 amide bonds. The van der Waals surface area contributed by atoms with Gasteiger partial charge in [0.2, 0.25) is 11.4 Å². The van der Waals surface area contributed by atoms with Crippen LogP contribution in [0.2, 0.25) is 0 Å². The quantitative estimate of drug-likeness (QED) is 0.570. The highest BCUT2D eigenvalue weighted by molar-refractivity contribution is 5.73. The van der Waals surface area contributed by atoms with Crippen LogP contribution in [-0.2, 0) is 4.79 Å². The third-order valence-electron chi connectivity index (χ3n) is 1.14. The molecule has 1 aromatic rings. The maximum atomic E-state index is 12.7. The van der Waals surface area contributed by atoms with Crippen molar-refractivity contribution in [2.45, 2.75) is 6.92 Å². The molecule has 0 aromatic carbocycles. The maximum Gasteiger partial charge on any atom is 0.244 e. The second-order valence-corrected chi connectivity index (χ2v) is 2.12. The Balaban J connectivity index is 3.40. The molecule has 0 unspecified atom stereocenters. The van der Waals surface area contributed by atoms with Gasteiger partial charge in [-0.15, -0.1) is 0 Å². The number of nitrogens with zero attached hydrogens (tertiary/aromatic N) is 2. The lowest BCUT2D eigenvalue weighted by molar-refractivity contribution is -0.116. The highest BCUT2D eigenvalue weighted by atomic mass is 19.2. The van der Waals surface area contributed by atoms with Crippen LogP contribution < -0.4 is 5.49 Å². The first-order valence-electron chi connectivity index (χ1n) is 3.20. The fourth-order valence-electron chi connectivity index (χ4n) is 0.701. The molecule has 0 fully saturated rings. The summed E-state index contributed by atoms with van der Waals surface area (Å²) < 4.78 is 25.3. The van der Waals surface area contributed by atoms with E-state index in [2.05, 4.69) is 4.99 Å². The smallest absolute Gasteiger partial charge is 0.244 e. The lowest BCUT2D eigenvalue weighted by Gasteiger charge is -1.93. The normalized spacial score (nSPS) is 11.8. The predicted octanol–water partition coefficient (Wildman–Crippen LogP) is 0.807. The number of amides is 1. The molecule has 0 atom stereocenters. The topological polar surface area (TPSA) is 34.4 Å². The van der Waals surface area contributed by atoms with E-state index in [1.807, 2.05) is 0 Å². The van der Waals surface area contributed by atoms with Gasteiger partial charge in [-0.25, -0.2) is 4.39 Å². The molecular formula is C7H6F2N2O. The van der Waals surface area contributed by atoms with Crippen molar-refractivity contribution in [2.24, 2.45) is 4.99 Å². The summed E-state index contributed by atoms with van der Waals surface area (Å²) in [7, 11) is 0. The average molecular weight is 172 g/mol. The summed E-state index contributed by atoms with van der Waals surface area (Å²) in [6, 6.07) is 2.20. The van der Waals surface area contributed by atoms with Gasteiger partial charge in [0, 0.05) is 13.1 Å². The maximum absolute atomic E-state index is 12.7. The Morgan fingerprint density at radius 2 is 2.33 bits per heavy atom. The number of rotatable bonds is 0. The van der Waals surface area contributed by atoms with Crippen molar-refractivity contribution in [2.75, 3.05) is 0 Å². The van der Waals surface area contributed by atoms with E-state index in [-0.39, 0.29) is 4.79 Å². The number of hydrogen-bond donors (Lipinski definition) is 0. The number of carbonyl (C=O) groups is 1. The fraction of sp³-hybridized carbons (Fsp3) is 0.143. The monoisotopic (exact) mass is 172 g/mol. The lowest BCUT2D eigenvalue weighted by Crippen LogP contribution is -2.19. The van der Waals surface area contributed by atoms with Crippen LogP contribution in [0.25, 0.3) is 0 Å². The van der Waals surface area contributed by atoms with Crippen molar-refractivity contribution in [3.63, 3.8) is 0 Å². The zero-order valence-corrected chi connectivity index (χ0v) is 6.29. The first-order chi connectivity index (χ1) is 5.61. The summed E-state index contributed by atoms with van der Waals surface area (Å²) >= 11 is 0. The molecule has 0 spiro atoms. The van der Waals surface area contributed by atoms with E-state index in [0.29, 0.717) is 0 Å². The SMILES string of the molecule is CC(=O)N=c1c(F)cccn1F. The molecule has 1 heterocycles. The zero-order chi connectivity index (χ0) is 9.14. The molecule has 0 radical (unpaired) electrons. The van der Waals surface area contributed by atoms with Crippen LogP contribution in [-0.4, -0.2) is 10.7 Å². The highest BCUT2D eigenvalue weighted by Gasteiger charge is 1.99. The van der Waals surface area contributed by atoms with Crippen LogP contribution in [0.3, 0.4) is 0 Å². The molecular weight excluding hydrogens is 166 g/mol. The minimum Gasteiger partial charge on any atom is -0.273 e. The Bertz CT molecular complexity index is 347. The third kappa shape index (κ3) is 1.75. The molecule has 0 bridgehead atoms. The van der Waals surface area contributed by atoms with Gasteiger partial charge in [0.25, 0.3) is 0 Å². The Labute approximate surface area is 66.9 Å². The molecule has 0 aliphatic carbocycles. The van der Waals surface area contributed by atoms with Gasteiger partial charge in [-0.2, -0.15) is 9.78 Å². The van der Waals surface area contributed by atoms with Gasteiger partial charge >= 0.3 is 0 Å². The van der Waals surface area contributed by atoms with E-state index in [1.165, 1.54) is 6.07 Å². The molecule has 64 valence electrons. The van der Waals surface area contributed by atoms with Crippen LogP contribution in [0.15, 0.2) is 23.3 Å². The van der Waals surface area contributed by atoms with Crippen molar-refractivity contribution in [1.82, 2.24) is 4.79 Å². The Hall–Kier alpha value is -1.52. The van der Waals surface area contributed by atoms with Crippen LogP contribution in [0.4, 0.5) is 8.87 Å². The largest absolute Gasteiger partial charge is 0.273 e. The van der Waals surface area contributed by atoms with Crippen LogP contribution in [0.1, 0.15) is 6.92 Å². The highest BCUT2D eigenvalue weighted by Crippen LogP contribution is 1.88. The molecule has 1 aromatic heterocycles. The van der Waals surface area contributed by atoms with Gasteiger partial charge in [-0.1, -0.05) is 4.48 Å². The van der Waals surface area contributed by atoms with Crippen molar-refractivity contribution in [1.29, 1.82) is 0 Å². The van der Waals surface area contributed by atoms with Gasteiger partial charge in [-0.3, -0.25) is 4.79 Å². The summed E-state index contributed by atoms with van der Waals surface area (Å²) in [6.45, 7) is 1.12. The average Bonchev–Trinajstić information content (AvgIpc) is 1.97. The van der Waals surface area contributed by atoms with Crippen molar-refractivity contribution in [3.05, 3.63) is 29.6 Å². The third-order valence-corrected chi connectivity index (χ3v) is 1.14. The molecule has 3 nitrogen and oxygen atoms in total. The standard InChI is InChI=1S/C7H6F2N2O/c1-5(12)10-7-6(8)3-2-4-11(7)9/h2-4H,1H3. The first kappa shape index (κ1) is 8.58. The number of halogens is 2. The van der Waals surface area contributed by atoms with Crippen molar-refractivity contribution < 1.29 is 13.7 Å². The van der Waals surface area contributed by atoms with Crippen LogP contribution >= 0.6 is 0 Å². The van der Waals surface area contributed by atoms with Crippen LogP contribution in [0, 0.1) is 5.82 Å². The molecule has 0 saturated heterocycles. The minimum absolute atomic E-state index is 0.0449. The first-order valence-corrected chi connectivity index (χ1v) is 3.20. The fourth-order valence-corrected chi connectivity index (χ4v) is 0.701. The van der Waals surface area contributed by atoms with E-state index < -0.39 is 17.2 Å². The molecule has 0 aliphatic heterocycles. The Kier molecular flexibility index (Phi) is 2.32. The van der Waals surface area contributed by atoms with Gasteiger partial charge < -0.3 is 0 Å². The zero-order valence-electron chi connectivity index (χ0n) is 6.29. The summed E-state index contributed by atoms with van der Waals surface area (Å²) in [5, 5.41) is 0. The Morgan fingerprint density at radius 3 is 2.83 bits per heavy atom. The van der Waals surface area contributed by atoms with E-state index in [4.69, 9.17) is 0 Å². The number of carbonyl (C=O) groups excluding carboxylic acids is 1. The Morgan fingerprint density at radius 1 is 1.67 bits per heavy atom. The number of aromatic nitrogens is 1. The van der Waals surface area contributed by atoms with Gasteiger partial charge in [-0.05, 0) is 12.1 Å². The van der Waals surface area contributed by atoms with E-state index in [0.717, 1.165) is 19.2 Å². The molecule has 12 heavy (non-hydrogen) atoms. The van der Waals surface area contributed by atoms with Gasteiger partial charge in [0.1, 0.15) is 0 Å². The summed E-state index contributed by atoms with van der Waals surface area (Å²) in [6.07, 6.45) is 0.963. The molecule has 0 aliphatic rings. The van der Waals surface area contributed by atoms with Gasteiger partial charge in [0.05, 0.1) is 0 Å². The molecule has 1 rings (SSSR count). The second-order valence-electron chi connectivity index (χ2n) is 2.12.